The van der Waals surface area contributed by atoms with Gasteiger partial charge in [-0.25, -0.2) is 0 Å². The maximum Gasteiger partial charge on any atom is 0.224 e. The summed E-state index contributed by atoms with van der Waals surface area (Å²) >= 11 is 5.89. The fraction of sp³-hybridized carbons (Fsp3) is 0.588. The molecule has 0 spiro atoms. The van der Waals surface area contributed by atoms with Crippen LogP contribution in [0.4, 0.5) is 0 Å². The quantitative estimate of drug-likeness (QED) is 0.901. The minimum Gasteiger partial charge on any atom is -0.341 e. The maximum atomic E-state index is 12.5. The molecule has 2 rings (SSSR count). The average Bonchev–Trinajstić information content (AvgIpc) is 2.50. The summed E-state index contributed by atoms with van der Waals surface area (Å²) in [5.74, 6) is 0.209. The fourth-order valence-corrected chi connectivity index (χ4v) is 3.25. The average molecular weight is 309 g/mol. The zero-order valence-electron chi connectivity index (χ0n) is 13.0. The molecule has 1 aliphatic carbocycles. The summed E-state index contributed by atoms with van der Waals surface area (Å²) in [6.07, 6.45) is 6.52. The predicted octanol–water partition coefficient (Wildman–Crippen LogP) is 3.61. The predicted molar refractivity (Wildman–Crippen MR) is 87.4 cm³/mol. The molecule has 21 heavy (non-hydrogen) atoms. The van der Waals surface area contributed by atoms with Gasteiger partial charge in [-0.1, -0.05) is 43.0 Å². The lowest BCUT2D eigenvalue weighted by Gasteiger charge is -2.37. The highest BCUT2D eigenvalue weighted by molar-refractivity contribution is 6.30. The first-order valence-corrected chi connectivity index (χ1v) is 8.10. The van der Waals surface area contributed by atoms with Crippen LogP contribution in [0.25, 0.3) is 0 Å². The highest BCUT2D eigenvalue weighted by Crippen LogP contribution is 2.31. The molecule has 3 nitrogen and oxygen atoms in total. The van der Waals surface area contributed by atoms with Gasteiger partial charge in [0.1, 0.15) is 0 Å². The minimum absolute atomic E-state index is 0.00356. The largest absolute Gasteiger partial charge is 0.341 e. The molecule has 1 aromatic rings. The molecule has 0 heterocycles. The van der Waals surface area contributed by atoms with Gasteiger partial charge in [0, 0.05) is 30.6 Å². The number of hydrogen-bond acceptors (Lipinski definition) is 2. The zero-order chi connectivity index (χ0) is 15.3. The van der Waals surface area contributed by atoms with E-state index in [4.69, 9.17) is 11.6 Å². The van der Waals surface area contributed by atoms with Crippen molar-refractivity contribution in [2.24, 2.45) is 0 Å². The van der Waals surface area contributed by atoms with Gasteiger partial charge in [-0.3, -0.25) is 4.79 Å². The van der Waals surface area contributed by atoms with Gasteiger partial charge in [-0.05, 0) is 37.6 Å². The SMILES string of the molecule is CNC1(CC(=O)N(C)Cc2ccc(Cl)cc2)CCCCC1. The van der Waals surface area contributed by atoms with Crippen LogP contribution in [-0.2, 0) is 11.3 Å². The van der Waals surface area contributed by atoms with E-state index in [1.54, 1.807) is 0 Å². The molecule has 1 fully saturated rings. The zero-order valence-corrected chi connectivity index (χ0v) is 13.7. The lowest BCUT2D eigenvalue weighted by molar-refractivity contribution is -0.132. The smallest absolute Gasteiger partial charge is 0.224 e. The van der Waals surface area contributed by atoms with Gasteiger partial charge in [0.15, 0.2) is 0 Å². The molecule has 0 atom stereocenters. The van der Waals surface area contributed by atoms with Crippen LogP contribution in [-0.4, -0.2) is 30.4 Å². The summed E-state index contributed by atoms with van der Waals surface area (Å²) < 4.78 is 0. The molecule has 1 aromatic carbocycles. The highest BCUT2D eigenvalue weighted by atomic mass is 35.5. The molecule has 4 heteroatoms. The molecule has 116 valence electrons. The molecule has 1 N–H and O–H groups in total. The topological polar surface area (TPSA) is 32.3 Å². The van der Waals surface area contributed by atoms with Crippen molar-refractivity contribution in [2.75, 3.05) is 14.1 Å². The molecule has 1 amide bonds. The Balaban J connectivity index is 1.93. The van der Waals surface area contributed by atoms with Crippen molar-refractivity contribution >= 4 is 17.5 Å². The van der Waals surface area contributed by atoms with Crippen LogP contribution in [0.2, 0.25) is 5.02 Å². The van der Waals surface area contributed by atoms with Crippen molar-refractivity contribution in [3.8, 4) is 0 Å². The van der Waals surface area contributed by atoms with Crippen molar-refractivity contribution in [3.63, 3.8) is 0 Å². The van der Waals surface area contributed by atoms with Crippen molar-refractivity contribution in [1.82, 2.24) is 10.2 Å². The van der Waals surface area contributed by atoms with E-state index < -0.39 is 0 Å². The number of carbonyl (C=O) groups is 1. The molecular weight excluding hydrogens is 284 g/mol. The first kappa shape index (κ1) is 16.3. The van der Waals surface area contributed by atoms with E-state index in [2.05, 4.69) is 5.32 Å². The Labute approximate surface area is 132 Å². The number of nitrogens with one attached hydrogen (secondary N) is 1. The summed E-state index contributed by atoms with van der Waals surface area (Å²) in [6, 6.07) is 7.68. The van der Waals surface area contributed by atoms with Gasteiger partial charge >= 0.3 is 0 Å². The molecule has 0 unspecified atom stereocenters. The van der Waals surface area contributed by atoms with Crippen LogP contribution < -0.4 is 5.32 Å². The van der Waals surface area contributed by atoms with E-state index in [0.717, 1.165) is 23.4 Å². The number of rotatable bonds is 5. The van der Waals surface area contributed by atoms with Gasteiger partial charge in [0.05, 0.1) is 0 Å². The summed E-state index contributed by atoms with van der Waals surface area (Å²) in [7, 11) is 3.86. The van der Waals surface area contributed by atoms with Gasteiger partial charge in [0.2, 0.25) is 5.91 Å². The Kier molecular flexibility index (Phi) is 5.65. The third kappa shape index (κ3) is 4.45. The summed E-state index contributed by atoms with van der Waals surface area (Å²) in [6.45, 7) is 0.635. The second-order valence-electron chi connectivity index (χ2n) is 6.14. The Bertz CT molecular complexity index is 466. The van der Waals surface area contributed by atoms with Gasteiger partial charge in [-0.2, -0.15) is 0 Å². The van der Waals surface area contributed by atoms with E-state index in [0.29, 0.717) is 13.0 Å². The molecule has 0 aliphatic heterocycles. The number of carbonyl (C=O) groups excluding carboxylic acids is 1. The van der Waals surface area contributed by atoms with Gasteiger partial charge in [-0.15, -0.1) is 0 Å². The van der Waals surface area contributed by atoms with Crippen LogP contribution in [0, 0.1) is 0 Å². The number of benzene rings is 1. The molecule has 0 bridgehead atoms. The Morgan fingerprint density at radius 3 is 2.43 bits per heavy atom. The molecule has 1 saturated carbocycles. The summed E-state index contributed by atoms with van der Waals surface area (Å²) in [5.41, 5.74) is 1.11. The van der Waals surface area contributed by atoms with Crippen LogP contribution in [0.15, 0.2) is 24.3 Å². The highest BCUT2D eigenvalue weighted by Gasteiger charge is 2.33. The standard InChI is InChI=1S/C17H25ClN2O/c1-19-17(10-4-3-5-11-17)12-16(21)20(2)13-14-6-8-15(18)9-7-14/h6-9,19H,3-5,10-13H2,1-2H3. The minimum atomic E-state index is 0.00356. The van der Waals surface area contributed by atoms with Crippen LogP contribution in [0.5, 0.6) is 0 Å². The van der Waals surface area contributed by atoms with E-state index in [1.807, 2.05) is 43.3 Å². The number of halogens is 1. The third-order valence-corrected chi connectivity index (χ3v) is 4.84. The molecule has 1 aliphatic rings. The summed E-state index contributed by atoms with van der Waals surface area (Å²) in [4.78, 5) is 14.3. The van der Waals surface area contributed by atoms with Gasteiger partial charge < -0.3 is 10.2 Å². The number of hydrogen-bond donors (Lipinski definition) is 1. The molecule has 0 radical (unpaired) electrons. The second kappa shape index (κ2) is 7.28. The monoisotopic (exact) mass is 308 g/mol. The van der Waals surface area contributed by atoms with Crippen LogP contribution >= 0.6 is 11.6 Å². The Morgan fingerprint density at radius 2 is 1.86 bits per heavy atom. The number of nitrogens with zero attached hydrogens (tertiary/aromatic N) is 1. The number of amides is 1. The Hall–Kier alpha value is -1.06. The first-order valence-electron chi connectivity index (χ1n) is 7.72. The summed E-state index contributed by atoms with van der Waals surface area (Å²) in [5, 5.41) is 4.14. The van der Waals surface area contributed by atoms with Crippen molar-refractivity contribution in [2.45, 2.75) is 50.6 Å². The Morgan fingerprint density at radius 1 is 1.24 bits per heavy atom. The van der Waals surface area contributed by atoms with Gasteiger partial charge in [0.25, 0.3) is 0 Å². The third-order valence-electron chi connectivity index (χ3n) is 4.59. The molecular formula is C17H25ClN2O. The molecule has 0 saturated heterocycles. The first-order chi connectivity index (χ1) is 10.0. The van der Waals surface area contributed by atoms with Crippen LogP contribution in [0.1, 0.15) is 44.1 Å². The maximum absolute atomic E-state index is 12.5. The van der Waals surface area contributed by atoms with Crippen LogP contribution in [0.3, 0.4) is 0 Å². The lowest BCUT2D eigenvalue weighted by Crippen LogP contribution is -2.48. The van der Waals surface area contributed by atoms with Crippen molar-refractivity contribution in [1.29, 1.82) is 0 Å². The second-order valence-corrected chi connectivity index (χ2v) is 6.58. The normalized spacial score (nSPS) is 17.5. The van der Waals surface area contributed by atoms with Crippen molar-refractivity contribution in [3.05, 3.63) is 34.9 Å². The lowest BCUT2D eigenvalue weighted by atomic mass is 9.79. The van der Waals surface area contributed by atoms with E-state index in [-0.39, 0.29) is 11.4 Å². The van der Waals surface area contributed by atoms with E-state index >= 15 is 0 Å². The fourth-order valence-electron chi connectivity index (χ4n) is 3.12. The van der Waals surface area contributed by atoms with E-state index in [1.165, 1.54) is 19.3 Å². The molecule has 0 aromatic heterocycles. The van der Waals surface area contributed by atoms with Crippen molar-refractivity contribution < 1.29 is 4.79 Å². The van der Waals surface area contributed by atoms with E-state index in [9.17, 15) is 4.79 Å².